The molecule has 2 fully saturated rings. The Morgan fingerprint density at radius 3 is 2.81 bits per heavy atom. The van der Waals surface area contributed by atoms with Crippen LogP contribution < -0.4 is 4.90 Å². The zero-order valence-electron chi connectivity index (χ0n) is 12.6. The lowest BCUT2D eigenvalue weighted by Gasteiger charge is -2.35. The molecule has 0 radical (unpaired) electrons. The van der Waals surface area contributed by atoms with Gasteiger partial charge in [0.2, 0.25) is 0 Å². The zero-order chi connectivity index (χ0) is 14.3. The van der Waals surface area contributed by atoms with Crippen LogP contribution in [0.1, 0.15) is 19.3 Å². The summed E-state index contributed by atoms with van der Waals surface area (Å²) in [5.74, 6) is 1.09. The van der Waals surface area contributed by atoms with Crippen LogP contribution in [-0.2, 0) is 9.47 Å². The molecule has 1 aromatic heterocycles. The average molecular weight is 291 g/mol. The van der Waals surface area contributed by atoms with Gasteiger partial charge in [0.25, 0.3) is 0 Å². The highest BCUT2D eigenvalue weighted by Crippen LogP contribution is 2.14. The third kappa shape index (κ3) is 4.40. The first-order valence-corrected chi connectivity index (χ1v) is 8.03. The molecule has 0 spiro atoms. The first-order valence-electron chi connectivity index (χ1n) is 8.03. The summed E-state index contributed by atoms with van der Waals surface area (Å²) in [4.78, 5) is 9.23. The molecule has 3 heterocycles. The molecule has 0 bridgehead atoms. The standard InChI is InChI=1S/C16H25N3O2/c1-3-7-17-15(5-1)19-10-8-18(9-11-19)12-14-21-16-6-2-4-13-20-16/h1,3,5,7,16H,2,4,6,8-14H2. The molecule has 21 heavy (non-hydrogen) atoms. The van der Waals surface area contributed by atoms with Crippen LogP contribution in [0, 0.1) is 0 Å². The Morgan fingerprint density at radius 2 is 2.10 bits per heavy atom. The summed E-state index contributed by atoms with van der Waals surface area (Å²) in [5, 5.41) is 0. The molecule has 1 unspecified atom stereocenters. The number of anilines is 1. The second-order valence-electron chi connectivity index (χ2n) is 5.68. The molecule has 2 aliphatic rings. The zero-order valence-corrected chi connectivity index (χ0v) is 12.6. The van der Waals surface area contributed by atoms with Gasteiger partial charge in [0, 0.05) is 45.5 Å². The van der Waals surface area contributed by atoms with Gasteiger partial charge in [-0.25, -0.2) is 4.98 Å². The first kappa shape index (κ1) is 14.8. The topological polar surface area (TPSA) is 37.8 Å². The quantitative estimate of drug-likeness (QED) is 0.826. The third-order valence-corrected chi connectivity index (χ3v) is 4.19. The number of aromatic nitrogens is 1. The van der Waals surface area contributed by atoms with Crippen LogP contribution in [0.15, 0.2) is 24.4 Å². The lowest BCUT2D eigenvalue weighted by molar-refractivity contribution is -0.164. The number of pyridine rings is 1. The minimum Gasteiger partial charge on any atom is -0.354 e. The Morgan fingerprint density at radius 1 is 1.19 bits per heavy atom. The SMILES string of the molecule is c1ccc(N2CCN(CCOC3CCCCO3)CC2)nc1. The fourth-order valence-corrected chi connectivity index (χ4v) is 2.90. The van der Waals surface area contributed by atoms with E-state index in [1.54, 1.807) is 0 Å². The van der Waals surface area contributed by atoms with Crippen LogP contribution in [-0.4, -0.2) is 62.1 Å². The van der Waals surface area contributed by atoms with Gasteiger partial charge in [0.1, 0.15) is 5.82 Å². The third-order valence-electron chi connectivity index (χ3n) is 4.19. The highest BCUT2D eigenvalue weighted by atomic mass is 16.7. The molecule has 0 aliphatic carbocycles. The number of ether oxygens (including phenoxy) is 2. The second-order valence-corrected chi connectivity index (χ2v) is 5.68. The highest BCUT2D eigenvalue weighted by Gasteiger charge is 2.18. The van der Waals surface area contributed by atoms with E-state index in [1.807, 2.05) is 18.3 Å². The molecule has 3 rings (SSSR count). The van der Waals surface area contributed by atoms with Crippen molar-refractivity contribution in [3.8, 4) is 0 Å². The normalized spacial score (nSPS) is 24.2. The Bertz CT molecular complexity index is 401. The summed E-state index contributed by atoms with van der Waals surface area (Å²) in [6, 6.07) is 6.09. The maximum absolute atomic E-state index is 5.81. The van der Waals surface area contributed by atoms with E-state index in [1.165, 1.54) is 12.8 Å². The van der Waals surface area contributed by atoms with Gasteiger partial charge in [-0.05, 0) is 31.4 Å². The molecule has 2 aliphatic heterocycles. The van der Waals surface area contributed by atoms with Gasteiger partial charge < -0.3 is 14.4 Å². The van der Waals surface area contributed by atoms with E-state index in [0.717, 1.165) is 58.2 Å². The molecule has 0 aromatic carbocycles. The molecular formula is C16H25N3O2. The molecule has 1 atom stereocenters. The minimum absolute atomic E-state index is 0.0357. The van der Waals surface area contributed by atoms with Crippen molar-refractivity contribution in [3.05, 3.63) is 24.4 Å². The van der Waals surface area contributed by atoms with E-state index >= 15 is 0 Å². The summed E-state index contributed by atoms with van der Waals surface area (Å²) >= 11 is 0. The van der Waals surface area contributed by atoms with Gasteiger partial charge >= 0.3 is 0 Å². The van der Waals surface area contributed by atoms with E-state index in [9.17, 15) is 0 Å². The lowest BCUT2D eigenvalue weighted by atomic mass is 10.2. The van der Waals surface area contributed by atoms with Gasteiger partial charge in [-0.15, -0.1) is 0 Å². The summed E-state index contributed by atoms with van der Waals surface area (Å²) in [5.41, 5.74) is 0. The van der Waals surface area contributed by atoms with Crippen molar-refractivity contribution in [2.24, 2.45) is 0 Å². The smallest absolute Gasteiger partial charge is 0.157 e. The van der Waals surface area contributed by atoms with Gasteiger partial charge in [-0.3, -0.25) is 4.90 Å². The van der Waals surface area contributed by atoms with Crippen LogP contribution in [0.5, 0.6) is 0 Å². The van der Waals surface area contributed by atoms with Crippen LogP contribution >= 0.6 is 0 Å². The minimum atomic E-state index is 0.0357. The molecule has 0 saturated carbocycles. The Balaban J connectivity index is 1.34. The van der Waals surface area contributed by atoms with E-state index in [4.69, 9.17) is 9.47 Å². The Labute approximate surface area is 126 Å². The molecular weight excluding hydrogens is 266 g/mol. The van der Waals surface area contributed by atoms with Crippen molar-refractivity contribution in [2.45, 2.75) is 25.6 Å². The summed E-state index contributed by atoms with van der Waals surface area (Å²) in [6.07, 6.45) is 5.35. The van der Waals surface area contributed by atoms with E-state index in [2.05, 4.69) is 20.9 Å². The molecule has 1 aromatic rings. The van der Waals surface area contributed by atoms with Crippen LogP contribution in [0.3, 0.4) is 0 Å². The van der Waals surface area contributed by atoms with Crippen LogP contribution in [0.25, 0.3) is 0 Å². The largest absolute Gasteiger partial charge is 0.354 e. The molecule has 116 valence electrons. The van der Waals surface area contributed by atoms with Gasteiger partial charge in [0.05, 0.1) is 6.61 Å². The summed E-state index contributed by atoms with van der Waals surface area (Å²) in [7, 11) is 0. The van der Waals surface area contributed by atoms with Gasteiger partial charge in [-0.2, -0.15) is 0 Å². The Hall–Kier alpha value is -1.17. The molecule has 0 amide bonds. The number of hydrogen-bond donors (Lipinski definition) is 0. The second kappa shape index (κ2) is 7.73. The maximum Gasteiger partial charge on any atom is 0.157 e. The monoisotopic (exact) mass is 291 g/mol. The van der Waals surface area contributed by atoms with E-state index < -0.39 is 0 Å². The van der Waals surface area contributed by atoms with Crippen LogP contribution in [0.4, 0.5) is 5.82 Å². The molecule has 0 N–H and O–H groups in total. The number of nitrogens with zero attached hydrogens (tertiary/aromatic N) is 3. The average Bonchev–Trinajstić information content (AvgIpc) is 2.57. The van der Waals surface area contributed by atoms with Gasteiger partial charge in [-0.1, -0.05) is 6.07 Å². The van der Waals surface area contributed by atoms with Crippen molar-refractivity contribution < 1.29 is 9.47 Å². The van der Waals surface area contributed by atoms with Crippen LogP contribution in [0.2, 0.25) is 0 Å². The van der Waals surface area contributed by atoms with Gasteiger partial charge in [0.15, 0.2) is 6.29 Å². The lowest BCUT2D eigenvalue weighted by Crippen LogP contribution is -2.47. The van der Waals surface area contributed by atoms with Crippen molar-refractivity contribution in [1.82, 2.24) is 9.88 Å². The van der Waals surface area contributed by atoms with Crippen molar-refractivity contribution in [2.75, 3.05) is 50.8 Å². The maximum atomic E-state index is 5.81. The fourth-order valence-electron chi connectivity index (χ4n) is 2.90. The van der Waals surface area contributed by atoms with Crippen molar-refractivity contribution >= 4 is 5.82 Å². The molecule has 5 heteroatoms. The van der Waals surface area contributed by atoms with Crippen molar-refractivity contribution in [3.63, 3.8) is 0 Å². The first-order chi connectivity index (χ1) is 10.4. The summed E-state index contributed by atoms with van der Waals surface area (Å²) in [6.45, 7) is 6.85. The highest BCUT2D eigenvalue weighted by molar-refractivity contribution is 5.38. The number of piperazine rings is 1. The number of hydrogen-bond acceptors (Lipinski definition) is 5. The summed E-state index contributed by atoms with van der Waals surface area (Å²) < 4.78 is 11.4. The van der Waals surface area contributed by atoms with E-state index in [0.29, 0.717) is 0 Å². The fraction of sp³-hybridized carbons (Fsp3) is 0.688. The number of rotatable bonds is 5. The Kier molecular flexibility index (Phi) is 5.43. The molecule has 2 saturated heterocycles. The predicted molar refractivity (Wildman–Crippen MR) is 82.4 cm³/mol. The van der Waals surface area contributed by atoms with Crippen molar-refractivity contribution in [1.29, 1.82) is 0 Å². The molecule has 5 nitrogen and oxygen atoms in total. The van der Waals surface area contributed by atoms with E-state index in [-0.39, 0.29) is 6.29 Å². The predicted octanol–water partition coefficient (Wildman–Crippen LogP) is 1.75.